The Labute approximate surface area is 120 Å². The molecular weight excluding hydrogens is 254 g/mol. The number of carbonyl (C=O) groups is 1. The molecule has 0 unspecified atom stereocenters. The van der Waals surface area contributed by atoms with Gasteiger partial charge in [0.15, 0.2) is 0 Å². The van der Waals surface area contributed by atoms with E-state index >= 15 is 0 Å². The van der Waals surface area contributed by atoms with E-state index in [1.807, 2.05) is 13.8 Å². The number of anilines is 1. The number of aromatic nitrogens is 2. The average Bonchev–Trinajstić information content (AvgIpc) is 2.44. The average molecular weight is 277 g/mol. The third-order valence-electron chi connectivity index (χ3n) is 3.42. The van der Waals surface area contributed by atoms with Crippen LogP contribution in [0.3, 0.4) is 0 Å². The van der Waals surface area contributed by atoms with Crippen molar-refractivity contribution >= 4 is 11.7 Å². The van der Waals surface area contributed by atoms with Gasteiger partial charge in [-0.1, -0.05) is 6.92 Å². The maximum absolute atomic E-state index is 12.0. The van der Waals surface area contributed by atoms with Crippen LogP contribution in [0, 0.1) is 6.92 Å². The Morgan fingerprint density at radius 2 is 2.00 bits per heavy atom. The second-order valence-corrected chi connectivity index (χ2v) is 5.20. The molecule has 0 radical (unpaired) electrons. The Hall–Kier alpha value is -1.69. The number of amides is 1. The fourth-order valence-corrected chi connectivity index (χ4v) is 2.19. The Balaban J connectivity index is 2.14. The zero-order valence-corrected chi connectivity index (χ0v) is 12.5. The molecule has 0 bridgehead atoms. The quantitative estimate of drug-likeness (QED) is 0.877. The van der Waals surface area contributed by atoms with Crippen LogP contribution < -0.4 is 10.2 Å². The number of nitrogens with zero attached hydrogens (tertiary/aromatic N) is 4. The van der Waals surface area contributed by atoms with Crippen LogP contribution in [0.25, 0.3) is 0 Å². The summed E-state index contributed by atoms with van der Waals surface area (Å²) >= 11 is 0. The highest BCUT2D eigenvalue weighted by molar-refractivity contribution is 5.92. The number of piperazine rings is 1. The van der Waals surface area contributed by atoms with Crippen LogP contribution in [-0.4, -0.2) is 60.5 Å². The van der Waals surface area contributed by atoms with Crippen LogP contribution in [0.1, 0.15) is 29.7 Å². The summed E-state index contributed by atoms with van der Waals surface area (Å²) in [6, 6.07) is 1.79. The maximum Gasteiger partial charge on any atom is 0.270 e. The minimum atomic E-state index is -0.118. The lowest BCUT2D eigenvalue weighted by Crippen LogP contribution is -2.45. The summed E-state index contributed by atoms with van der Waals surface area (Å²) in [5.41, 5.74) is 0.458. The molecule has 1 fully saturated rings. The number of hydrogen-bond acceptors (Lipinski definition) is 5. The number of likely N-dealkylation sites (N-methyl/N-ethyl adjacent to an activating group) is 1. The molecule has 1 N–H and O–H groups in total. The number of aryl methyl sites for hydroxylation is 1. The van der Waals surface area contributed by atoms with E-state index in [9.17, 15) is 4.79 Å². The molecule has 1 amide bonds. The van der Waals surface area contributed by atoms with E-state index in [1.54, 1.807) is 6.07 Å². The van der Waals surface area contributed by atoms with E-state index in [4.69, 9.17) is 0 Å². The molecule has 0 aromatic carbocycles. The molecule has 0 saturated carbocycles. The van der Waals surface area contributed by atoms with Crippen molar-refractivity contribution in [1.29, 1.82) is 0 Å². The van der Waals surface area contributed by atoms with Crippen LogP contribution in [0.5, 0.6) is 0 Å². The van der Waals surface area contributed by atoms with E-state index in [1.165, 1.54) is 0 Å². The minimum absolute atomic E-state index is 0.118. The second-order valence-electron chi connectivity index (χ2n) is 5.20. The molecule has 1 aliphatic rings. The summed E-state index contributed by atoms with van der Waals surface area (Å²) in [5, 5.41) is 2.86. The monoisotopic (exact) mass is 277 g/mol. The first kappa shape index (κ1) is 14.7. The summed E-state index contributed by atoms with van der Waals surface area (Å²) in [5.74, 6) is 1.38. The largest absolute Gasteiger partial charge is 0.354 e. The van der Waals surface area contributed by atoms with Gasteiger partial charge in [-0.2, -0.15) is 0 Å². The van der Waals surface area contributed by atoms with Gasteiger partial charge in [0.05, 0.1) is 0 Å². The first-order valence-corrected chi connectivity index (χ1v) is 7.17. The van der Waals surface area contributed by atoms with Crippen LogP contribution >= 0.6 is 0 Å². The third-order valence-corrected chi connectivity index (χ3v) is 3.42. The molecule has 1 aliphatic heterocycles. The Morgan fingerprint density at radius 1 is 1.30 bits per heavy atom. The molecule has 1 saturated heterocycles. The normalized spacial score (nSPS) is 16.2. The summed E-state index contributed by atoms with van der Waals surface area (Å²) < 4.78 is 0. The molecule has 1 aromatic heterocycles. The molecule has 6 nitrogen and oxygen atoms in total. The van der Waals surface area contributed by atoms with Crippen molar-refractivity contribution in [3.63, 3.8) is 0 Å². The zero-order valence-electron chi connectivity index (χ0n) is 12.5. The molecule has 110 valence electrons. The van der Waals surface area contributed by atoms with Gasteiger partial charge in [0.25, 0.3) is 5.91 Å². The van der Waals surface area contributed by atoms with E-state index in [2.05, 4.69) is 32.1 Å². The summed E-state index contributed by atoms with van der Waals surface area (Å²) in [6.07, 6.45) is 0.918. The van der Waals surface area contributed by atoms with Gasteiger partial charge in [-0.05, 0) is 20.4 Å². The van der Waals surface area contributed by atoms with Gasteiger partial charge in [-0.3, -0.25) is 4.79 Å². The van der Waals surface area contributed by atoms with Crippen LogP contribution in [-0.2, 0) is 0 Å². The van der Waals surface area contributed by atoms with Gasteiger partial charge in [-0.25, -0.2) is 9.97 Å². The Kier molecular flexibility index (Phi) is 4.89. The lowest BCUT2D eigenvalue weighted by Gasteiger charge is -2.33. The Bertz CT molecular complexity index is 469. The van der Waals surface area contributed by atoms with E-state index in [0.717, 1.165) is 38.4 Å². The van der Waals surface area contributed by atoms with E-state index in [-0.39, 0.29) is 5.91 Å². The van der Waals surface area contributed by atoms with Crippen LogP contribution in [0.2, 0.25) is 0 Å². The van der Waals surface area contributed by atoms with Gasteiger partial charge in [0.2, 0.25) is 0 Å². The highest BCUT2D eigenvalue weighted by Crippen LogP contribution is 2.14. The van der Waals surface area contributed by atoms with Crippen molar-refractivity contribution in [2.45, 2.75) is 20.3 Å². The topological polar surface area (TPSA) is 61.4 Å². The third kappa shape index (κ3) is 3.66. The molecule has 0 aliphatic carbocycles. The van der Waals surface area contributed by atoms with Crippen LogP contribution in [0.15, 0.2) is 6.07 Å². The molecule has 20 heavy (non-hydrogen) atoms. The van der Waals surface area contributed by atoms with Gasteiger partial charge in [-0.15, -0.1) is 0 Å². The van der Waals surface area contributed by atoms with Crippen molar-refractivity contribution in [2.24, 2.45) is 0 Å². The predicted molar refractivity (Wildman–Crippen MR) is 79.1 cm³/mol. The van der Waals surface area contributed by atoms with Crippen molar-refractivity contribution in [2.75, 3.05) is 44.7 Å². The fraction of sp³-hybridized carbons (Fsp3) is 0.643. The number of nitrogens with one attached hydrogen (secondary N) is 1. The predicted octanol–water partition coefficient (Wildman–Crippen LogP) is 0.677. The smallest absolute Gasteiger partial charge is 0.270 e. The standard InChI is InChI=1S/C14H23N5O/c1-4-5-15-14(20)12-10-13(17-11(2)16-12)19-8-6-18(3)7-9-19/h10H,4-9H2,1-3H3,(H,15,20). The molecule has 1 aromatic rings. The lowest BCUT2D eigenvalue weighted by atomic mass is 10.3. The highest BCUT2D eigenvalue weighted by atomic mass is 16.1. The lowest BCUT2D eigenvalue weighted by molar-refractivity contribution is 0.0948. The van der Waals surface area contributed by atoms with Gasteiger partial charge < -0.3 is 15.1 Å². The first-order chi connectivity index (χ1) is 9.60. The van der Waals surface area contributed by atoms with E-state index in [0.29, 0.717) is 18.1 Å². The van der Waals surface area contributed by atoms with Crippen molar-refractivity contribution in [1.82, 2.24) is 20.2 Å². The first-order valence-electron chi connectivity index (χ1n) is 7.17. The summed E-state index contributed by atoms with van der Waals surface area (Å²) in [7, 11) is 2.12. The van der Waals surface area contributed by atoms with Crippen molar-refractivity contribution in [3.8, 4) is 0 Å². The van der Waals surface area contributed by atoms with Gasteiger partial charge >= 0.3 is 0 Å². The SMILES string of the molecule is CCCNC(=O)c1cc(N2CCN(C)CC2)nc(C)n1. The molecule has 2 rings (SSSR count). The van der Waals surface area contributed by atoms with Crippen LogP contribution in [0.4, 0.5) is 5.82 Å². The minimum Gasteiger partial charge on any atom is -0.354 e. The summed E-state index contributed by atoms with van der Waals surface area (Å²) in [4.78, 5) is 25.2. The Morgan fingerprint density at radius 3 is 2.65 bits per heavy atom. The summed E-state index contributed by atoms with van der Waals surface area (Å²) in [6.45, 7) is 8.43. The van der Waals surface area contributed by atoms with Gasteiger partial charge in [0.1, 0.15) is 17.3 Å². The molecule has 6 heteroatoms. The molecule has 2 heterocycles. The maximum atomic E-state index is 12.0. The van der Waals surface area contributed by atoms with E-state index < -0.39 is 0 Å². The highest BCUT2D eigenvalue weighted by Gasteiger charge is 2.18. The van der Waals surface area contributed by atoms with Crippen molar-refractivity contribution < 1.29 is 4.79 Å². The molecular formula is C14H23N5O. The number of rotatable bonds is 4. The number of carbonyl (C=O) groups excluding carboxylic acids is 1. The molecule has 0 atom stereocenters. The zero-order chi connectivity index (χ0) is 14.5. The molecule has 0 spiro atoms. The van der Waals surface area contributed by atoms with Crippen molar-refractivity contribution in [3.05, 3.63) is 17.6 Å². The fourth-order valence-electron chi connectivity index (χ4n) is 2.19. The van der Waals surface area contributed by atoms with Gasteiger partial charge in [0, 0.05) is 38.8 Å². The number of hydrogen-bond donors (Lipinski definition) is 1. The second kappa shape index (κ2) is 6.65.